The molecule has 1 heterocycles. The molecule has 1 rings (SSSR count). The SMILES string of the molecule is CN(C)c1ccc(NC(=O)CCNC(C)(C)C)cn1. The zero-order valence-corrected chi connectivity index (χ0v) is 12.4. The standard InChI is InChI=1S/C14H24N4O/c1-14(2,3)16-9-8-13(19)17-11-6-7-12(15-10-11)18(4)5/h6-7,10,16H,8-9H2,1-5H3,(H,17,19). The van der Waals surface area contributed by atoms with Crippen LogP contribution in [0.4, 0.5) is 11.5 Å². The van der Waals surface area contributed by atoms with Gasteiger partial charge in [-0.1, -0.05) is 0 Å². The van der Waals surface area contributed by atoms with Crippen LogP contribution in [0.2, 0.25) is 0 Å². The van der Waals surface area contributed by atoms with E-state index in [-0.39, 0.29) is 11.4 Å². The first kappa shape index (κ1) is 15.4. The topological polar surface area (TPSA) is 57.3 Å². The molecule has 0 aliphatic rings. The molecule has 5 nitrogen and oxygen atoms in total. The van der Waals surface area contributed by atoms with Crippen LogP contribution < -0.4 is 15.5 Å². The van der Waals surface area contributed by atoms with Gasteiger partial charge in [0.1, 0.15) is 5.82 Å². The average molecular weight is 264 g/mol. The van der Waals surface area contributed by atoms with Gasteiger partial charge in [-0.05, 0) is 32.9 Å². The molecule has 1 aromatic rings. The van der Waals surface area contributed by atoms with Crippen LogP contribution in [-0.2, 0) is 4.79 Å². The minimum Gasteiger partial charge on any atom is -0.363 e. The summed E-state index contributed by atoms with van der Waals surface area (Å²) < 4.78 is 0. The van der Waals surface area contributed by atoms with Gasteiger partial charge in [-0.15, -0.1) is 0 Å². The Kier molecular flexibility index (Phi) is 5.30. The Hall–Kier alpha value is -1.62. The van der Waals surface area contributed by atoms with E-state index >= 15 is 0 Å². The van der Waals surface area contributed by atoms with Gasteiger partial charge in [-0.25, -0.2) is 4.98 Å². The highest BCUT2D eigenvalue weighted by atomic mass is 16.1. The van der Waals surface area contributed by atoms with E-state index in [0.29, 0.717) is 13.0 Å². The molecule has 0 saturated carbocycles. The quantitative estimate of drug-likeness (QED) is 0.852. The van der Waals surface area contributed by atoms with Crippen molar-refractivity contribution >= 4 is 17.4 Å². The van der Waals surface area contributed by atoms with E-state index in [0.717, 1.165) is 11.5 Å². The van der Waals surface area contributed by atoms with Crippen LogP contribution in [0.5, 0.6) is 0 Å². The van der Waals surface area contributed by atoms with Crippen molar-refractivity contribution in [3.05, 3.63) is 18.3 Å². The Balaban J connectivity index is 2.40. The molecule has 0 fully saturated rings. The van der Waals surface area contributed by atoms with E-state index in [1.54, 1.807) is 6.20 Å². The molecule has 2 N–H and O–H groups in total. The predicted molar refractivity (Wildman–Crippen MR) is 79.6 cm³/mol. The van der Waals surface area contributed by atoms with E-state index in [4.69, 9.17) is 0 Å². The Morgan fingerprint density at radius 2 is 2.00 bits per heavy atom. The Bertz CT molecular complexity index is 406. The first-order chi connectivity index (χ1) is 8.78. The lowest BCUT2D eigenvalue weighted by atomic mass is 10.1. The van der Waals surface area contributed by atoms with Crippen molar-refractivity contribution < 1.29 is 4.79 Å². The summed E-state index contributed by atoms with van der Waals surface area (Å²) in [6.07, 6.45) is 2.12. The van der Waals surface area contributed by atoms with Crippen LogP contribution in [0.15, 0.2) is 18.3 Å². The van der Waals surface area contributed by atoms with Crippen LogP contribution in [0.3, 0.4) is 0 Å². The molecular formula is C14H24N4O. The smallest absolute Gasteiger partial charge is 0.225 e. The van der Waals surface area contributed by atoms with Crippen LogP contribution in [0.25, 0.3) is 0 Å². The predicted octanol–water partition coefficient (Wildman–Crippen LogP) is 1.86. The van der Waals surface area contributed by atoms with Gasteiger partial charge in [0.15, 0.2) is 0 Å². The van der Waals surface area contributed by atoms with Gasteiger partial charge < -0.3 is 15.5 Å². The summed E-state index contributed by atoms with van der Waals surface area (Å²) in [6, 6.07) is 3.74. The zero-order chi connectivity index (χ0) is 14.5. The summed E-state index contributed by atoms with van der Waals surface area (Å²) >= 11 is 0. The second-order valence-electron chi connectivity index (χ2n) is 5.77. The molecule has 19 heavy (non-hydrogen) atoms. The fourth-order valence-electron chi connectivity index (χ4n) is 1.50. The van der Waals surface area contributed by atoms with E-state index < -0.39 is 0 Å². The number of rotatable bonds is 5. The first-order valence-electron chi connectivity index (χ1n) is 6.46. The van der Waals surface area contributed by atoms with Gasteiger partial charge >= 0.3 is 0 Å². The van der Waals surface area contributed by atoms with Crippen LogP contribution in [0.1, 0.15) is 27.2 Å². The summed E-state index contributed by atoms with van der Waals surface area (Å²) in [7, 11) is 3.86. The van der Waals surface area contributed by atoms with Crippen molar-refractivity contribution in [1.82, 2.24) is 10.3 Å². The summed E-state index contributed by atoms with van der Waals surface area (Å²) in [4.78, 5) is 17.9. The van der Waals surface area contributed by atoms with Crippen molar-refractivity contribution in [2.75, 3.05) is 30.9 Å². The van der Waals surface area contributed by atoms with Gasteiger partial charge in [0, 0.05) is 32.6 Å². The van der Waals surface area contributed by atoms with E-state index in [2.05, 4.69) is 36.4 Å². The summed E-state index contributed by atoms with van der Waals surface area (Å²) in [6.45, 7) is 6.90. The fourth-order valence-corrected chi connectivity index (χ4v) is 1.50. The van der Waals surface area contributed by atoms with Gasteiger partial charge in [0.25, 0.3) is 0 Å². The lowest BCUT2D eigenvalue weighted by Gasteiger charge is -2.20. The average Bonchev–Trinajstić information content (AvgIpc) is 2.27. The normalized spacial score (nSPS) is 11.2. The molecule has 0 atom stereocenters. The fraction of sp³-hybridized carbons (Fsp3) is 0.571. The number of carbonyl (C=O) groups excluding carboxylic acids is 1. The number of amides is 1. The Morgan fingerprint density at radius 3 is 2.47 bits per heavy atom. The lowest BCUT2D eigenvalue weighted by molar-refractivity contribution is -0.116. The van der Waals surface area contributed by atoms with Crippen LogP contribution in [0, 0.1) is 0 Å². The maximum absolute atomic E-state index is 11.7. The third-order valence-electron chi connectivity index (χ3n) is 2.50. The van der Waals surface area contributed by atoms with Gasteiger partial charge in [0.2, 0.25) is 5.91 Å². The number of nitrogens with one attached hydrogen (secondary N) is 2. The molecule has 0 unspecified atom stereocenters. The third-order valence-corrected chi connectivity index (χ3v) is 2.50. The second kappa shape index (κ2) is 6.52. The highest BCUT2D eigenvalue weighted by Crippen LogP contribution is 2.11. The number of carbonyl (C=O) groups is 1. The number of pyridine rings is 1. The molecule has 0 saturated heterocycles. The Labute approximate surface area is 115 Å². The van der Waals surface area contributed by atoms with E-state index in [1.165, 1.54) is 0 Å². The molecule has 5 heteroatoms. The molecule has 0 bridgehead atoms. The van der Waals surface area contributed by atoms with Crippen molar-refractivity contribution in [3.63, 3.8) is 0 Å². The number of anilines is 2. The Morgan fingerprint density at radius 1 is 1.32 bits per heavy atom. The number of aromatic nitrogens is 1. The molecular weight excluding hydrogens is 240 g/mol. The largest absolute Gasteiger partial charge is 0.363 e. The molecule has 1 amide bonds. The van der Waals surface area contributed by atoms with Gasteiger partial charge in [-0.2, -0.15) is 0 Å². The minimum absolute atomic E-state index is 0.00356. The summed E-state index contributed by atoms with van der Waals surface area (Å²) in [5.74, 6) is 0.864. The highest BCUT2D eigenvalue weighted by molar-refractivity contribution is 5.90. The minimum atomic E-state index is -0.00356. The van der Waals surface area contributed by atoms with Crippen molar-refractivity contribution in [3.8, 4) is 0 Å². The third kappa shape index (κ3) is 6.20. The molecule has 0 radical (unpaired) electrons. The zero-order valence-electron chi connectivity index (χ0n) is 12.4. The maximum atomic E-state index is 11.7. The molecule has 1 aromatic heterocycles. The van der Waals surface area contributed by atoms with Crippen LogP contribution in [-0.4, -0.2) is 37.1 Å². The summed E-state index contributed by atoms with van der Waals surface area (Å²) in [5.41, 5.74) is 0.765. The van der Waals surface area contributed by atoms with E-state index in [1.807, 2.05) is 31.1 Å². The monoisotopic (exact) mass is 264 g/mol. The first-order valence-corrected chi connectivity index (χ1v) is 6.46. The molecule has 0 aromatic carbocycles. The van der Waals surface area contributed by atoms with Crippen molar-refractivity contribution in [2.45, 2.75) is 32.7 Å². The molecule has 0 aliphatic heterocycles. The van der Waals surface area contributed by atoms with Crippen LogP contribution >= 0.6 is 0 Å². The lowest BCUT2D eigenvalue weighted by Crippen LogP contribution is -2.37. The van der Waals surface area contributed by atoms with Crippen molar-refractivity contribution in [1.29, 1.82) is 0 Å². The molecule has 106 valence electrons. The second-order valence-corrected chi connectivity index (χ2v) is 5.77. The maximum Gasteiger partial charge on any atom is 0.225 e. The molecule has 0 spiro atoms. The van der Waals surface area contributed by atoms with Gasteiger partial charge in [-0.3, -0.25) is 4.79 Å². The molecule has 0 aliphatic carbocycles. The number of nitrogens with zero attached hydrogens (tertiary/aromatic N) is 2. The van der Waals surface area contributed by atoms with Crippen molar-refractivity contribution in [2.24, 2.45) is 0 Å². The van der Waals surface area contributed by atoms with Gasteiger partial charge in [0.05, 0.1) is 11.9 Å². The highest BCUT2D eigenvalue weighted by Gasteiger charge is 2.09. The van der Waals surface area contributed by atoms with E-state index in [9.17, 15) is 4.79 Å². The number of hydrogen-bond donors (Lipinski definition) is 2. The number of hydrogen-bond acceptors (Lipinski definition) is 4. The summed E-state index contributed by atoms with van der Waals surface area (Å²) in [5, 5.41) is 6.11.